The van der Waals surface area contributed by atoms with Crippen LogP contribution in [0.3, 0.4) is 0 Å². The van der Waals surface area contributed by atoms with Gasteiger partial charge in [-0.15, -0.1) is 0 Å². The number of amides is 1. The third-order valence-corrected chi connectivity index (χ3v) is 5.22. The fourth-order valence-electron chi connectivity index (χ4n) is 3.58. The molecule has 1 aliphatic rings. The Morgan fingerprint density at radius 2 is 1.85 bits per heavy atom. The first kappa shape index (κ1) is 17.5. The van der Waals surface area contributed by atoms with Crippen LogP contribution in [0.25, 0.3) is 0 Å². The monoisotopic (exact) mass is 360 g/mol. The number of aromatic nitrogens is 3. The minimum Gasteiger partial charge on any atom is -0.341 e. The number of benzene rings is 1. The Balaban J connectivity index is 1.35. The molecule has 138 valence electrons. The minimum absolute atomic E-state index is 0.234. The number of imidazole rings is 1. The van der Waals surface area contributed by atoms with E-state index in [4.69, 9.17) is 0 Å². The van der Waals surface area contributed by atoms with Crippen molar-refractivity contribution in [3.63, 3.8) is 0 Å². The third kappa shape index (κ3) is 3.92. The highest BCUT2D eigenvalue weighted by Gasteiger charge is 2.34. The van der Waals surface area contributed by atoms with E-state index in [-0.39, 0.29) is 5.91 Å². The first-order valence-electron chi connectivity index (χ1n) is 9.43. The van der Waals surface area contributed by atoms with Gasteiger partial charge in [-0.1, -0.05) is 36.4 Å². The van der Waals surface area contributed by atoms with Crippen molar-refractivity contribution in [3.05, 3.63) is 83.7 Å². The molecule has 5 nitrogen and oxygen atoms in total. The molecule has 1 aliphatic heterocycles. The molecule has 4 rings (SSSR count). The zero-order chi connectivity index (χ0) is 18.6. The van der Waals surface area contributed by atoms with E-state index in [2.05, 4.69) is 39.7 Å². The fraction of sp³-hybridized carbons (Fsp3) is 0.318. The Labute approximate surface area is 159 Å². The number of carbonyl (C=O) groups is 1. The van der Waals surface area contributed by atoms with E-state index in [1.165, 1.54) is 5.56 Å². The zero-order valence-corrected chi connectivity index (χ0v) is 15.6. The lowest BCUT2D eigenvalue weighted by molar-refractivity contribution is -0.135. The van der Waals surface area contributed by atoms with Crippen LogP contribution in [0.15, 0.2) is 61.1 Å². The molecule has 27 heavy (non-hydrogen) atoms. The van der Waals surface area contributed by atoms with E-state index < -0.39 is 0 Å². The molecule has 2 aromatic heterocycles. The number of nitrogens with zero attached hydrogens (tertiary/aromatic N) is 4. The molecule has 1 amide bonds. The molecule has 0 saturated carbocycles. The molecule has 0 spiro atoms. The first-order valence-corrected chi connectivity index (χ1v) is 9.43. The maximum absolute atomic E-state index is 12.4. The molecule has 1 saturated heterocycles. The van der Waals surface area contributed by atoms with Gasteiger partial charge in [0.2, 0.25) is 5.91 Å². The highest BCUT2D eigenvalue weighted by Crippen LogP contribution is 2.28. The van der Waals surface area contributed by atoms with Crippen molar-refractivity contribution in [2.45, 2.75) is 32.2 Å². The summed E-state index contributed by atoms with van der Waals surface area (Å²) in [6, 6.07) is 14.2. The number of hydrogen-bond acceptors (Lipinski definition) is 3. The summed E-state index contributed by atoms with van der Waals surface area (Å²) in [6.45, 7) is 4.37. The number of carbonyl (C=O) groups excluding carboxylic acids is 1. The normalized spacial score (nSPS) is 14.2. The molecule has 3 aromatic rings. The van der Waals surface area contributed by atoms with Crippen molar-refractivity contribution < 1.29 is 4.79 Å². The van der Waals surface area contributed by atoms with E-state index in [1.807, 2.05) is 41.6 Å². The van der Waals surface area contributed by atoms with Gasteiger partial charge in [0.05, 0.1) is 12.5 Å². The SMILES string of the molecule is Cc1cnc(C2CN(C(=O)CCc3ccccc3)C2)n1Cc1cccnc1. The van der Waals surface area contributed by atoms with Gasteiger partial charge >= 0.3 is 0 Å². The number of likely N-dealkylation sites (tertiary alicyclic amines) is 1. The van der Waals surface area contributed by atoms with E-state index in [1.54, 1.807) is 6.20 Å². The summed E-state index contributed by atoms with van der Waals surface area (Å²) in [5, 5.41) is 0. The van der Waals surface area contributed by atoms with Gasteiger partial charge in [0.25, 0.3) is 0 Å². The second-order valence-electron chi connectivity index (χ2n) is 7.19. The van der Waals surface area contributed by atoms with Gasteiger partial charge in [-0.05, 0) is 30.5 Å². The average Bonchev–Trinajstić information content (AvgIpc) is 3.01. The maximum Gasteiger partial charge on any atom is 0.222 e. The average molecular weight is 360 g/mol. The zero-order valence-electron chi connectivity index (χ0n) is 15.6. The number of hydrogen-bond donors (Lipinski definition) is 0. The Morgan fingerprint density at radius 1 is 1.07 bits per heavy atom. The number of rotatable bonds is 6. The first-order chi connectivity index (χ1) is 13.2. The molecular formula is C22H24N4O. The van der Waals surface area contributed by atoms with Gasteiger partial charge in [-0.3, -0.25) is 9.78 Å². The van der Waals surface area contributed by atoms with Crippen LogP contribution in [0.4, 0.5) is 0 Å². The largest absolute Gasteiger partial charge is 0.341 e. The van der Waals surface area contributed by atoms with Crippen LogP contribution < -0.4 is 0 Å². The molecule has 0 radical (unpaired) electrons. The van der Waals surface area contributed by atoms with Crippen LogP contribution in [0.1, 0.15) is 35.0 Å². The summed E-state index contributed by atoms with van der Waals surface area (Å²) in [5.41, 5.74) is 3.52. The van der Waals surface area contributed by atoms with Crippen molar-refractivity contribution in [2.24, 2.45) is 0 Å². The quantitative estimate of drug-likeness (QED) is 0.678. The summed E-state index contributed by atoms with van der Waals surface area (Å²) in [7, 11) is 0. The van der Waals surface area contributed by atoms with Gasteiger partial charge in [0.15, 0.2) is 0 Å². The smallest absolute Gasteiger partial charge is 0.222 e. The van der Waals surface area contributed by atoms with E-state index in [0.29, 0.717) is 12.3 Å². The standard InChI is InChI=1S/C22H24N4O/c1-17-12-24-22(26(17)14-19-8-5-11-23-13-19)20-15-25(16-20)21(27)10-9-18-6-3-2-4-7-18/h2-8,11-13,20H,9-10,14-16H2,1H3. The Morgan fingerprint density at radius 3 is 2.59 bits per heavy atom. The highest BCUT2D eigenvalue weighted by molar-refractivity contribution is 5.77. The second-order valence-corrected chi connectivity index (χ2v) is 7.19. The number of aryl methyl sites for hydroxylation is 2. The van der Waals surface area contributed by atoms with E-state index >= 15 is 0 Å². The summed E-state index contributed by atoms with van der Waals surface area (Å²) in [5.74, 6) is 1.62. The molecule has 5 heteroatoms. The number of pyridine rings is 1. The molecule has 1 aromatic carbocycles. The second kappa shape index (κ2) is 7.74. The topological polar surface area (TPSA) is 51.0 Å². The van der Waals surface area contributed by atoms with Crippen molar-refractivity contribution >= 4 is 5.91 Å². The van der Waals surface area contributed by atoms with Crippen LogP contribution in [-0.4, -0.2) is 38.4 Å². The lowest BCUT2D eigenvalue weighted by Crippen LogP contribution is -2.49. The Hall–Kier alpha value is -2.95. The molecular weight excluding hydrogens is 336 g/mol. The summed E-state index contributed by atoms with van der Waals surface area (Å²) in [6.07, 6.45) is 6.97. The Bertz CT molecular complexity index is 899. The van der Waals surface area contributed by atoms with Crippen molar-refractivity contribution in [1.82, 2.24) is 19.4 Å². The van der Waals surface area contributed by atoms with Crippen LogP contribution in [0.2, 0.25) is 0 Å². The molecule has 0 aliphatic carbocycles. The van der Waals surface area contributed by atoms with Gasteiger partial charge in [-0.2, -0.15) is 0 Å². The van der Waals surface area contributed by atoms with Crippen molar-refractivity contribution in [2.75, 3.05) is 13.1 Å². The van der Waals surface area contributed by atoms with Gasteiger partial charge in [-0.25, -0.2) is 4.98 Å². The highest BCUT2D eigenvalue weighted by atomic mass is 16.2. The van der Waals surface area contributed by atoms with Crippen molar-refractivity contribution in [1.29, 1.82) is 0 Å². The van der Waals surface area contributed by atoms with Gasteiger partial charge in [0, 0.05) is 43.8 Å². The van der Waals surface area contributed by atoms with E-state index in [9.17, 15) is 4.79 Å². The molecule has 0 N–H and O–H groups in total. The van der Waals surface area contributed by atoms with Crippen LogP contribution in [-0.2, 0) is 17.8 Å². The van der Waals surface area contributed by atoms with Gasteiger partial charge < -0.3 is 9.47 Å². The van der Waals surface area contributed by atoms with Crippen LogP contribution >= 0.6 is 0 Å². The lowest BCUT2D eigenvalue weighted by atomic mass is 9.97. The van der Waals surface area contributed by atoms with E-state index in [0.717, 1.165) is 43.1 Å². The summed E-state index contributed by atoms with van der Waals surface area (Å²) < 4.78 is 2.24. The minimum atomic E-state index is 0.234. The third-order valence-electron chi connectivity index (χ3n) is 5.22. The predicted molar refractivity (Wildman–Crippen MR) is 104 cm³/mol. The molecule has 0 atom stereocenters. The molecule has 1 fully saturated rings. The molecule has 3 heterocycles. The van der Waals surface area contributed by atoms with Crippen molar-refractivity contribution in [3.8, 4) is 0 Å². The summed E-state index contributed by atoms with van der Waals surface area (Å²) >= 11 is 0. The molecule has 0 unspecified atom stereocenters. The maximum atomic E-state index is 12.4. The molecule has 0 bridgehead atoms. The summed E-state index contributed by atoms with van der Waals surface area (Å²) in [4.78, 5) is 23.2. The predicted octanol–water partition coefficient (Wildman–Crippen LogP) is 3.19. The lowest BCUT2D eigenvalue weighted by Gasteiger charge is -2.39. The van der Waals surface area contributed by atoms with Crippen LogP contribution in [0.5, 0.6) is 0 Å². The fourth-order valence-corrected chi connectivity index (χ4v) is 3.58. The Kier molecular flexibility index (Phi) is 5.01. The van der Waals surface area contributed by atoms with Crippen LogP contribution in [0, 0.1) is 6.92 Å². The van der Waals surface area contributed by atoms with Gasteiger partial charge in [0.1, 0.15) is 5.82 Å².